The van der Waals surface area contributed by atoms with E-state index in [4.69, 9.17) is 4.74 Å². The summed E-state index contributed by atoms with van der Waals surface area (Å²) in [6.45, 7) is 3.16. The predicted molar refractivity (Wildman–Crippen MR) is 119 cm³/mol. The molecule has 0 bridgehead atoms. The summed E-state index contributed by atoms with van der Waals surface area (Å²) < 4.78 is 5.49. The minimum atomic E-state index is -0.857. The van der Waals surface area contributed by atoms with Crippen molar-refractivity contribution in [3.05, 3.63) is 59.7 Å². The van der Waals surface area contributed by atoms with Crippen LogP contribution < -0.4 is 5.32 Å². The van der Waals surface area contributed by atoms with Crippen molar-refractivity contribution in [1.82, 2.24) is 10.2 Å². The Morgan fingerprint density at radius 2 is 1.66 bits per heavy atom. The molecule has 0 aromatic heterocycles. The zero-order valence-electron chi connectivity index (χ0n) is 18.1. The molecule has 1 fully saturated rings. The molecule has 4 rings (SSSR count). The van der Waals surface area contributed by atoms with Gasteiger partial charge < -0.3 is 20.1 Å². The number of fused-ring (bicyclic) bond motifs is 3. The first-order chi connectivity index (χ1) is 15.5. The van der Waals surface area contributed by atoms with Crippen molar-refractivity contribution in [3.8, 4) is 11.1 Å². The van der Waals surface area contributed by atoms with Gasteiger partial charge in [0, 0.05) is 32.0 Å². The number of aliphatic carboxylic acids is 1. The van der Waals surface area contributed by atoms with Gasteiger partial charge in [0.2, 0.25) is 5.91 Å². The number of carbonyl (C=O) groups excluding carboxylic acids is 2. The Labute approximate surface area is 187 Å². The quantitative estimate of drug-likeness (QED) is 0.648. The molecule has 168 valence electrons. The number of carboxylic acid groups (broad SMARTS) is 1. The largest absolute Gasteiger partial charge is 0.481 e. The Morgan fingerprint density at radius 3 is 2.25 bits per heavy atom. The third-order valence-corrected chi connectivity index (χ3v) is 6.46. The smallest absolute Gasteiger partial charge is 0.407 e. The minimum absolute atomic E-state index is 0.00839. The highest BCUT2D eigenvalue weighted by Crippen LogP contribution is 2.44. The van der Waals surface area contributed by atoms with E-state index in [9.17, 15) is 19.5 Å². The molecule has 1 aliphatic carbocycles. The third-order valence-electron chi connectivity index (χ3n) is 6.46. The second kappa shape index (κ2) is 9.42. The molecular weight excluding hydrogens is 408 g/mol. The summed E-state index contributed by atoms with van der Waals surface area (Å²) in [5, 5.41) is 11.9. The Balaban J connectivity index is 1.21. The number of nitrogens with one attached hydrogen (secondary N) is 1. The van der Waals surface area contributed by atoms with Crippen LogP contribution in [0.4, 0.5) is 4.79 Å². The van der Waals surface area contributed by atoms with E-state index in [1.807, 2.05) is 31.2 Å². The van der Waals surface area contributed by atoms with Crippen molar-refractivity contribution >= 4 is 18.0 Å². The Morgan fingerprint density at radius 1 is 1.03 bits per heavy atom. The van der Waals surface area contributed by atoms with E-state index in [1.54, 1.807) is 4.90 Å². The summed E-state index contributed by atoms with van der Waals surface area (Å²) >= 11 is 0. The molecule has 2 aliphatic rings. The van der Waals surface area contributed by atoms with E-state index < -0.39 is 18.0 Å². The van der Waals surface area contributed by atoms with E-state index in [2.05, 4.69) is 29.6 Å². The number of carboxylic acids is 1. The van der Waals surface area contributed by atoms with E-state index in [0.717, 1.165) is 11.1 Å². The number of benzene rings is 2. The molecule has 7 nitrogen and oxygen atoms in total. The van der Waals surface area contributed by atoms with Crippen molar-refractivity contribution < 1.29 is 24.2 Å². The van der Waals surface area contributed by atoms with Crippen LogP contribution in [0.1, 0.15) is 36.8 Å². The van der Waals surface area contributed by atoms with Gasteiger partial charge >= 0.3 is 12.1 Å². The molecule has 2 N–H and O–H groups in total. The fraction of sp³-hybridized carbons (Fsp3) is 0.400. The highest BCUT2D eigenvalue weighted by atomic mass is 16.5. The Hall–Kier alpha value is -3.35. The first-order valence-corrected chi connectivity index (χ1v) is 11.0. The van der Waals surface area contributed by atoms with Crippen molar-refractivity contribution in [3.63, 3.8) is 0 Å². The van der Waals surface area contributed by atoms with Crippen LogP contribution in [0.15, 0.2) is 48.5 Å². The van der Waals surface area contributed by atoms with E-state index in [-0.39, 0.29) is 37.3 Å². The van der Waals surface area contributed by atoms with Gasteiger partial charge in [-0.15, -0.1) is 0 Å². The number of carbonyl (C=O) groups is 3. The molecule has 0 spiro atoms. The van der Waals surface area contributed by atoms with Crippen molar-refractivity contribution in [1.29, 1.82) is 0 Å². The maximum absolute atomic E-state index is 12.3. The standard InChI is InChI=1S/C25H28N2O5/c1-16-13-27(14-21(16)24(29)30)23(28)11-6-12-26-25(31)32-15-22-19-9-4-2-7-17(19)18-8-3-5-10-20(18)22/h2-5,7-10,16,21-22H,6,11-15H2,1H3,(H,26,31)(H,29,30). The van der Waals surface area contributed by atoms with Gasteiger partial charge in [-0.1, -0.05) is 55.5 Å². The lowest BCUT2D eigenvalue weighted by Crippen LogP contribution is -2.31. The SMILES string of the molecule is CC1CN(C(=O)CCCNC(=O)OCC2c3ccccc3-c3ccccc32)CC1C(=O)O. The van der Waals surface area contributed by atoms with Crippen molar-refractivity contribution in [2.24, 2.45) is 11.8 Å². The fourth-order valence-electron chi connectivity index (χ4n) is 4.73. The number of hydrogen-bond acceptors (Lipinski definition) is 4. The van der Waals surface area contributed by atoms with E-state index in [0.29, 0.717) is 19.5 Å². The van der Waals surface area contributed by atoms with Crippen LogP contribution in [0.25, 0.3) is 11.1 Å². The predicted octanol–water partition coefficient (Wildman–Crippen LogP) is 3.48. The molecule has 0 saturated carbocycles. The van der Waals surface area contributed by atoms with Crippen LogP contribution in [0, 0.1) is 11.8 Å². The highest BCUT2D eigenvalue weighted by molar-refractivity contribution is 5.80. The number of alkyl carbamates (subject to hydrolysis) is 1. The number of hydrogen-bond donors (Lipinski definition) is 2. The molecule has 1 saturated heterocycles. The summed E-state index contributed by atoms with van der Waals surface area (Å²) in [5.74, 6) is -1.47. The lowest BCUT2D eigenvalue weighted by molar-refractivity contribution is -0.142. The maximum atomic E-state index is 12.3. The molecule has 32 heavy (non-hydrogen) atoms. The van der Waals surface area contributed by atoms with Crippen LogP contribution in [0.3, 0.4) is 0 Å². The van der Waals surface area contributed by atoms with Crippen LogP contribution in [0.5, 0.6) is 0 Å². The van der Waals surface area contributed by atoms with Gasteiger partial charge in [0.05, 0.1) is 5.92 Å². The van der Waals surface area contributed by atoms with Gasteiger partial charge in [-0.25, -0.2) is 4.79 Å². The Kier molecular flexibility index (Phi) is 6.44. The summed E-state index contributed by atoms with van der Waals surface area (Å²) in [5.41, 5.74) is 4.67. The average molecular weight is 437 g/mol. The lowest BCUT2D eigenvalue weighted by Gasteiger charge is -2.16. The number of nitrogens with zero attached hydrogens (tertiary/aromatic N) is 1. The van der Waals surface area contributed by atoms with Crippen molar-refractivity contribution in [2.45, 2.75) is 25.7 Å². The Bertz CT molecular complexity index is 975. The summed E-state index contributed by atoms with van der Waals surface area (Å²) in [4.78, 5) is 37.3. The van der Waals surface area contributed by atoms with Gasteiger partial charge in [0.15, 0.2) is 0 Å². The lowest BCUT2D eigenvalue weighted by atomic mass is 9.98. The second-order valence-electron chi connectivity index (χ2n) is 8.58. The van der Waals surface area contributed by atoms with Crippen molar-refractivity contribution in [2.75, 3.05) is 26.2 Å². The molecule has 1 aliphatic heterocycles. The van der Waals surface area contributed by atoms with Gasteiger partial charge in [0.25, 0.3) is 0 Å². The number of rotatable bonds is 7. The zero-order valence-corrected chi connectivity index (χ0v) is 18.1. The van der Waals surface area contributed by atoms with Gasteiger partial charge in [-0.3, -0.25) is 9.59 Å². The summed E-state index contributed by atoms with van der Waals surface area (Å²) in [7, 11) is 0. The molecule has 2 amide bonds. The average Bonchev–Trinajstić information content (AvgIpc) is 3.33. The minimum Gasteiger partial charge on any atom is -0.481 e. The highest BCUT2D eigenvalue weighted by Gasteiger charge is 2.36. The molecule has 7 heteroatoms. The zero-order chi connectivity index (χ0) is 22.7. The number of likely N-dealkylation sites (tertiary alicyclic amines) is 1. The van der Waals surface area contributed by atoms with Gasteiger partial charge in [0.1, 0.15) is 6.61 Å². The molecule has 2 atom stereocenters. The fourth-order valence-corrected chi connectivity index (χ4v) is 4.73. The maximum Gasteiger partial charge on any atom is 0.407 e. The molecular formula is C25H28N2O5. The summed E-state index contributed by atoms with van der Waals surface area (Å²) in [6.07, 6.45) is 0.244. The van der Waals surface area contributed by atoms with E-state index in [1.165, 1.54) is 11.1 Å². The number of amides is 2. The molecule has 2 unspecified atom stereocenters. The second-order valence-corrected chi connectivity index (χ2v) is 8.58. The third kappa shape index (κ3) is 4.47. The number of ether oxygens (including phenoxy) is 1. The van der Waals surface area contributed by atoms with Crippen LogP contribution >= 0.6 is 0 Å². The van der Waals surface area contributed by atoms with Gasteiger partial charge in [-0.05, 0) is 34.6 Å². The monoisotopic (exact) mass is 436 g/mol. The van der Waals surface area contributed by atoms with Crippen LogP contribution in [0.2, 0.25) is 0 Å². The molecule has 1 heterocycles. The van der Waals surface area contributed by atoms with Gasteiger partial charge in [-0.2, -0.15) is 0 Å². The molecule has 2 aromatic rings. The molecule has 0 radical (unpaired) electrons. The normalized spacial score (nSPS) is 19.3. The first-order valence-electron chi connectivity index (χ1n) is 11.0. The van der Waals surface area contributed by atoms with E-state index >= 15 is 0 Å². The molecule has 2 aromatic carbocycles. The van der Waals surface area contributed by atoms with Crippen LogP contribution in [-0.2, 0) is 14.3 Å². The van der Waals surface area contributed by atoms with Crippen LogP contribution in [-0.4, -0.2) is 54.2 Å². The summed E-state index contributed by atoms with van der Waals surface area (Å²) in [6, 6.07) is 16.3. The first kappa shape index (κ1) is 21.9. The topological polar surface area (TPSA) is 95.9 Å².